The smallest absolute Gasteiger partial charge is 0.231 e. The van der Waals surface area contributed by atoms with Gasteiger partial charge in [0.05, 0.1) is 17.3 Å². The molecule has 0 aliphatic carbocycles. The number of rotatable bonds is 7. The standard InChI is InChI=1S/C29H40N6O/c1-4-29(11-15-34(5-2)16-12-29)28(36)32-27-18-24-17-22(9-10-23(24)19-30-27)25-20-31-33(3)26(25)21-35-13-7-6-8-14-35/h9-10,17-20H,4-8,11-16,21H2,1-3H3,(H,30,32,36). The minimum absolute atomic E-state index is 0.111. The zero-order valence-corrected chi connectivity index (χ0v) is 22.1. The summed E-state index contributed by atoms with van der Waals surface area (Å²) < 4.78 is 2.01. The number of aromatic nitrogens is 3. The molecule has 2 aliphatic rings. The maximum Gasteiger partial charge on any atom is 0.231 e. The number of carbonyl (C=O) groups excluding carboxylic acids is 1. The average Bonchev–Trinajstić information content (AvgIpc) is 3.28. The third kappa shape index (κ3) is 5.04. The summed E-state index contributed by atoms with van der Waals surface area (Å²) in [6.45, 7) is 10.6. The van der Waals surface area contributed by atoms with Crippen LogP contribution in [0.3, 0.4) is 0 Å². The second-order valence-corrected chi connectivity index (χ2v) is 10.6. The largest absolute Gasteiger partial charge is 0.310 e. The van der Waals surface area contributed by atoms with E-state index in [0.717, 1.165) is 74.9 Å². The summed E-state index contributed by atoms with van der Waals surface area (Å²) in [6, 6.07) is 8.50. The van der Waals surface area contributed by atoms with E-state index in [2.05, 4.69) is 57.2 Å². The molecule has 36 heavy (non-hydrogen) atoms. The van der Waals surface area contributed by atoms with Crippen LogP contribution < -0.4 is 5.32 Å². The molecular formula is C29H40N6O. The van der Waals surface area contributed by atoms with Crippen LogP contribution in [0.4, 0.5) is 5.82 Å². The predicted octanol–water partition coefficient (Wildman–Crippen LogP) is 5.07. The van der Waals surface area contributed by atoms with E-state index in [9.17, 15) is 4.79 Å². The second-order valence-electron chi connectivity index (χ2n) is 10.6. The Morgan fingerprint density at radius 1 is 0.972 bits per heavy atom. The van der Waals surface area contributed by atoms with Gasteiger partial charge in [-0.1, -0.05) is 32.4 Å². The van der Waals surface area contributed by atoms with Gasteiger partial charge in [0.25, 0.3) is 0 Å². The number of hydrogen-bond acceptors (Lipinski definition) is 5. The molecule has 7 nitrogen and oxygen atoms in total. The normalized spacial score (nSPS) is 19.0. The zero-order valence-electron chi connectivity index (χ0n) is 22.1. The van der Waals surface area contributed by atoms with Crippen LogP contribution in [0.15, 0.2) is 36.7 Å². The molecule has 0 bridgehead atoms. The van der Waals surface area contributed by atoms with Crippen molar-refractivity contribution in [3.05, 3.63) is 42.4 Å². The Hall–Kier alpha value is -2.77. The molecule has 192 valence electrons. The highest BCUT2D eigenvalue weighted by Gasteiger charge is 2.39. The van der Waals surface area contributed by atoms with Crippen LogP contribution in [0.25, 0.3) is 21.9 Å². The quantitative estimate of drug-likeness (QED) is 0.503. The first-order valence-corrected chi connectivity index (χ1v) is 13.7. The SMILES string of the molecule is CCN1CCC(CC)(C(=O)Nc2cc3cc(-c4cnn(C)c4CN4CCCCC4)ccc3cn2)CC1. The Kier molecular flexibility index (Phi) is 7.39. The molecule has 0 atom stereocenters. The molecule has 4 heterocycles. The Morgan fingerprint density at radius 3 is 2.47 bits per heavy atom. The maximum absolute atomic E-state index is 13.4. The molecule has 0 unspecified atom stereocenters. The van der Waals surface area contributed by atoms with Crippen molar-refractivity contribution in [2.24, 2.45) is 12.5 Å². The van der Waals surface area contributed by atoms with E-state index in [1.54, 1.807) is 0 Å². The van der Waals surface area contributed by atoms with Crippen LogP contribution in [0, 0.1) is 5.41 Å². The topological polar surface area (TPSA) is 66.3 Å². The molecule has 2 aliphatic heterocycles. The highest BCUT2D eigenvalue weighted by Crippen LogP contribution is 2.36. The van der Waals surface area contributed by atoms with Crippen molar-refractivity contribution in [2.75, 3.05) is 38.0 Å². The molecule has 0 saturated carbocycles. The van der Waals surface area contributed by atoms with Crippen molar-refractivity contribution in [2.45, 2.75) is 58.9 Å². The van der Waals surface area contributed by atoms with Gasteiger partial charge in [-0.15, -0.1) is 0 Å². The lowest BCUT2D eigenvalue weighted by molar-refractivity contribution is -0.128. The fraction of sp³-hybridized carbons (Fsp3) is 0.552. The molecule has 2 fully saturated rings. The van der Waals surface area contributed by atoms with Gasteiger partial charge in [0.1, 0.15) is 5.82 Å². The van der Waals surface area contributed by atoms with Gasteiger partial charge in [0.2, 0.25) is 5.91 Å². The Bertz CT molecular complexity index is 1200. The van der Waals surface area contributed by atoms with E-state index in [-0.39, 0.29) is 11.3 Å². The Balaban J connectivity index is 1.37. The summed E-state index contributed by atoms with van der Waals surface area (Å²) >= 11 is 0. The molecule has 2 aromatic heterocycles. The first kappa shape index (κ1) is 24.9. The highest BCUT2D eigenvalue weighted by atomic mass is 16.2. The van der Waals surface area contributed by atoms with Crippen LogP contribution in [0.2, 0.25) is 0 Å². The molecule has 0 radical (unpaired) electrons. The Labute approximate surface area is 214 Å². The second kappa shape index (κ2) is 10.7. The fourth-order valence-electron chi connectivity index (χ4n) is 5.89. The van der Waals surface area contributed by atoms with Gasteiger partial charge in [-0.3, -0.25) is 14.4 Å². The minimum atomic E-state index is -0.302. The molecule has 1 amide bonds. The number of benzene rings is 1. The predicted molar refractivity (Wildman–Crippen MR) is 146 cm³/mol. The van der Waals surface area contributed by atoms with Crippen molar-refractivity contribution < 1.29 is 4.79 Å². The van der Waals surface area contributed by atoms with Crippen molar-refractivity contribution in [3.8, 4) is 11.1 Å². The van der Waals surface area contributed by atoms with Crippen LogP contribution >= 0.6 is 0 Å². The lowest BCUT2D eigenvalue weighted by atomic mass is 9.75. The lowest BCUT2D eigenvalue weighted by Gasteiger charge is -2.39. The fourth-order valence-corrected chi connectivity index (χ4v) is 5.89. The molecule has 2 saturated heterocycles. The Morgan fingerprint density at radius 2 is 1.75 bits per heavy atom. The zero-order chi connectivity index (χ0) is 25.1. The summed E-state index contributed by atoms with van der Waals surface area (Å²) in [4.78, 5) is 22.9. The number of amides is 1. The van der Waals surface area contributed by atoms with E-state index < -0.39 is 0 Å². The maximum atomic E-state index is 13.4. The summed E-state index contributed by atoms with van der Waals surface area (Å²) in [5, 5.41) is 9.91. The summed E-state index contributed by atoms with van der Waals surface area (Å²) in [7, 11) is 2.04. The third-order valence-corrected chi connectivity index (χ3v) is 8.58. The number of nitrogens with zero attached hydrogens (tertiary/aromatic N) is 5. The van der Waals surface area contributed by atoms with E-state index in [4.69, 9.17) is 0 Å². The van der Waals surface area contributed by atoms with Gasteiger partial charge < -0.3 is 10.2 Å². The van der Waals surface area contributed by atoms with Gasteiger partial charge in [-0.25, -0.2) is 4.98 Å². The van der Waals surface area contributed by atoms with Gasteiger partial charge in [-0.05, 0) is 87.9 Å². The number of likely N-dealkylation sites (tertiary alicyclic amines) is 2. The average molecular weight is 489 g/mol. The number of hydrogen-bond donors (Lipinski definition) is 1. The van der Waals surface area contributed by atoms with E-state index in [1.165, 1.54) is 30.5 Å². The number of aryl methyl sites for hydroxylation is 1. The number of nitrogens with one attached hydrogen (secondary N) is 1. The van der Waals surface area contributed by atoms with Crippen LogP contribution in [-0.4, -0.2) is 63.2 Å². The highest BCUT2D eigenvalue weighted by molar-refractivity contribution is 5.97. The molecular weight excluding hydrogens is 448 g/mol. The van der Waals surface area contributed by atoms with Crippen LogP contribution in [0.1, 0.15) is 58.1 Å². The molecule has 5 rings (SSSR count). The molecule has 1 N–H and O–H groups in total. The van der Waals surface area contributed by atoms with Gasteiger partial charge in [0, 0.05) is 30.7 Å². The van der Waals surface area contributed by atoms with Gasteiger partial charge in [0.15, 0.2) is 0 Å². The number of anilines is 1. The van der Waals surface area contributed by atoms with E-state index in [0.29, 0.717) is 5.82 Å². The van der Waals surface area contributed by atoms with Gasteiger partial charge >= 0.3 is 0 Å². The van der Waals surface area contributed by atoms with Crippen LogP contribution in [-0.2, 0) is 18.4 Å². The number of piperidine rings is 2. The molecule has 1 aromatic carbocycles. The van der Waals surface area contributed by atoms with Gasteiger partial charge in [-0.2, -0.15) is 5.10 Å². The summed E-state index contributed by atoms with van der Waals surface area (Å²) in [5.41, 5.74) is 3.29. The van der Waals surface area contributed by atoms with Crippen molar-refractivity contribution >= 4 is 22.5 Å². The first-order valence-electron chi connectivity index (χ1n) is 13.7. The van der Waals surface area contributed by atoms with Crippen molar-refractivity contribution in [1.82, 2.24) is 24.6 Å². The number of fused-ring (bicyclic) bond motifs is 1. The third-order valence-electron chi connectivity index (χ3n) is 8.58. The number of pyridine rings is 1. The summed E-state index contributed by atoms with van der Waals surface area (Å²) in [5.74, 6) is 0.745. The molecule has 0 spiro atoms. The monoisotopic (exact) mass is 488 g/mol. The molecule has 7 heteroatoms. The van der Waals surface area contributed by atoms with Crippen molar-refractivity contribution in [1.29, 1.82) is 0 Å². The van der Waals surface area contributed by atoms with Crippen molar-refractivity contribution in [3.63, 3.8) is 0 Å². The summed E-state index contributed by atoms with van der Waals surface area (Å²) in [6.07, 6.45) is 10.4. The van der Waals surface area contributed by atoms with E-state index in [1.807, 2.05) is 30.2 Å². The van der Waals surface area contributed by atoms with Crippen LogP contribution in [0.5, 0.6) is 0 Å². The number of carbonyl (C=O) groups is 1. The molecule has 3 aromatic rings. The minimum Gasteiger partial charge on any atom is -0.310 e. The first-order chi connectivity index (χ1) is 17.5. The van der Waals surface area contributed by atoms with E-state index >= 15 is 0 Å². The lowest BCUT2D eigenvalue weighted by Crippen LogP contribution is -2.46.